The normalized spacial score (nSPS) is 14.4. The zero-order chi connectivity index (χ0) is 16.1. The molecule has 0 aromatic carbocycles. The lowest BCUT2D eigenvalue weighted by molar-refractivity contribution is 0.103. The number of rotatable bonds is 3. The summed E-state index contributed by atoms with van der Waals surface area (Å²) in [6.45, 7) is 5.75. The first-order valence-corrected chi connectivity index (χ1v) is 9.05. The highest BCUT2D eigenvalue weighted by molar-refractivity contribution is 7.21. The zero-order valence-corrected chi connectivity index (χ0v) is 14.6. The second-order valence-corrected chi connectivity index (χ2v) is 7.77. The molecular formula is C15H15N5OS2. The van der Waals surface area contributed by atoms with Crippen LogP contribution in [0.15, 0.2) is 0 Å². The summed E-state index contributed by atoms with van der Waals surface area (Å²) in [5.41, 5.74) is 1.83. The summed E-state index contributed by atoms with van der Waals surface area (Å²) in [5.74, 6) is 1.12. The standard InChI is InChI=1S/C15H15N5OS2/c1-6-10-7(2)16-8(3)17-14(10)22-11(6)12(21)18-15-20-19-13(23-15)9-4-5-9/h9H,4-5H2,1-3H3,(H,18,20,21). The van der Waals surface area contributed by atoms with E-state index < -0.39 is 0 Å². The van der Waals surface area contributed by atoms with Crippen molar-refractivity contribution in [1.29, 1.82) is 0 Å². The van der Waals surface area contributed by atoms with E-state index >= 15 is 0 Å². The van der Waals surface area contributed by atoms with E-state index in [0.717, 1.165) is 32.3 Å². The molecule has 1 aliphatic rings. The van der Waals surface area contributed by atoms with Crippen LogP contribution in [0.5, 0.6) is 0 Å². The Kier molecular flexibility index (Phi) is 3.38. The Morgan fingerprint density at radius 3 is 2.65 bits per heavy atom. The van der Waals surface area contributed by atoms with Gasteiger partial charge in [-0.2, -0.15) is 0 Å². The molecule has 6 nitrogen and oxygen atoms in total. The molecule has 0 atom stereocenters. The summed E-state index contributed by atoms with van der Waals surface area (Å²) in [6.07, 6.45) is 2.35. The van der Waals surface area contributed by atoms with Crippen LogP contribution in [-0.2, 0) is 0 Å². The molecule has 0 bridgehead atoms. The van der Waals surface area contributed by atoms with Crippen LogP contribution in [0.2, 0.25) is 0 Å². The van der Waals surface area contributed by atoms with Gasteiger partial charge in [0.1, 0.15) is 15.7 Å². The number of anilines is 1. The lowest BCUT2D eigenvalue weighted by Gasteiger charge is -2.00. The number of nitrogens with one attached hydrogen (secondary N) is 1. The highest BCUT2D eigenvalue weighted by atomic mass is 32.1. The van der Waals surface area contributed by atoms with Crippen LogP contribution in [-0.4, -0.2) is 26.1 Å². The molecule has 3 heterocycles. The van der Waals surface area contributed by atoms with Crippen LogP contribution in [0.3, 0.4) is 0 Å². The molecule has 8 heteroatoms. The Morgan fingerprint density at radius 2 is 1.91 bits per heavy atom. The van der Waals surface area contributed by atoms with E-state index in [1.807, 2.05) is 20.8 Å². The molecule has 0 aliphatic heterocycles. The van der Waals surface area contributed by atoms with Crippen molar-refractivity contribution >= 4 is 43.9 Å². The van der Waals surface area contributed by atoms with Gasteiger partial charge in [0, 0.05) is 17.0 Å². The minimum absolute atomic E-state index is 0.152. The maximum atomic E-state index is 12.6. The fraction of sp³-hybridized carbons (Fsp3) is 0.400. The first kappa shape index (κ1) is 14.6. The van der Waals surface area contributed by atoms with Gasteiger partial charge in [-0.3, -0.25) is 10.1 Å². The second kappa shape index (κ2) is 5.31. The number of carbonyl (C=O) groups is 1. The Bertz CT molecular complexity index is 925. The van der Waals surface area contributed by atoms with Gasteiger partial charge in [-0.05, 0) is 39.2 Å². The molecule has 0 radical (unpaired) electrons. The number of hydrogen-bond acceptors (Lipinski definition) is 7. The van der Waals surface area contributed by atoms with Gasteiger partial charge in [-0.1, -0.05) is 11.3 Å². The van der Waals surface area contributed by atoms with Crippen LogP contribution in [0.25, 0.3) is 10.2 Å². The van der Waals surface area contributed by atoms with Gasteiger partial charge in [0.05, 0.1) is 4.88 Å². The number of aromatic nitrogens is 4. The lowest BCUT2D eigenvalue weighted by atomic mass is 10.1. The van der Waals surface area contributed by atoms with Crippen molar-refractivity contribution in [1.82, 2.24) is 20.2 Å². The largest absolute Gasteiger partial charge is 0.296 e. The van der Waals surface area contributed by atoms with E-state index in [1.54, 1.807) is 0 Å². The average Bonchev–Trinajstić information content (AvgIpc) is 3.14. The topological polar surface area (TPSA) is 80.7 Å². The molecule has 1 N–H and O–H groups in total. The first-order chi connectivity index (χ1) is 11.0. The highest BCUT2D eigenvalue weighted by Gasteiger charge is 2.28. The Balaban J connectivity index is 1.66. The van der Waals surface area contributed by atoms with Crippen molar-refractivity contribution in [2.45, 2.75) is 39.5 Å². The third-order valence-corrected chi connectivity index (χ3v) is 6.06. The molecular weight excluding hydrogens is 330 g/mol. The number of carbonyl (C=O) groups excluding carboxylic acids is 1. The molecule has 118 valence electrons. The summed E-state index contributed by atoms with van der Waals surface area (Å²) in [4.78, 5) is 22.9. The van der Waals surface area contributed by atoms with Crippen molar-refractivity contribution in [2.75, 3.05) is 5.32 Å². The fourth-order valence-electron chi connectivity index (χ4n) is 2.62. The van der Waals surface area contributed by atoms with Crippen molar-refractivity contribution in [3.63, 3.8) is 0 Å². The molecule has 0 spiro atoms. The Morgan fingerprint density at radius 1 is 1.13 bits per heavy atom. The predicted molar refractivity (Wildman–Crippen MR) is 91.5 cm³/mol. The van der Waals surface area contributed by atoms with Gasteiger partial charge >= 0.3 is 0 Å². The number of aryl methyl sites for hydroxylation is 3. The third kappa shape index (κ3) is 2.61. The van der Waals surface area contributed by atoms with E-state index in [4.69, 9.17) is 0 Å². The van der Waals surface area contributed by atoms with Gasteiger partial charge in [0.25, 0.3) is 5.91 Å². The van der Waals surface area contributed by atoms with E-state index in [0.29, 0.717) is 15.9 Å². The Hall–Kier alpha value is -1.93. The average molecular weight is 345 g/mol. The molecule has 0 saturated heterocycles. The highest BCUT2D eigenvalue weighted by Crippen LogP contribution is 2.42. The molecule has 3 aromatic rings. The van der Waals surface area contributed by atoms with Gasteiger partial charge < -0.3 is 0 Å². The van der Waals surface area contributed by atoms with E-state index in [9.17, 15) is 4.79 Å². The Labute approximate surface area is 141 Å². The summed E-state index contributed by atoms with van der Waals surface area (Å²) in [6, 6.07) is 0. The molecule has 23 heavy (non-hydrogen) atoms. The quantitative estimate of drug-likeness (QED) is 0.784. The lowest BCUT2D eigenvalue weighted by Crippen LogP contribution is -2.11. The summed E-state index contributed by atoms with van der Waals surface area (Å²) in [5, 5.41) is 13.6. The molecule has 4 rings (SSSR count). The van der Waals surface area contributed by atoms with Gasteiger partial charge in [0.2, 0.25) is 5.13 Å². The summed E-state index contributed by atoms with van der Waals surface area (Å²) < 4.78 is 0. The summed E-state index contributed by atoms with van der Waals surface area (Å²) >= 11 is 2.87. The van der Waals surface area contributed by atoms with Crippen LogP contribution < -0.4 is 5.32 Å². The van der Waals surface area contributed by atoms with E-state index in [-0.39, 0.29) is 5.91 Å². The van der Waals surface area contributed by atoms with Gasteiger partial charge in [0.15, 0.2) is 0 Å². The monoisotopic (exact) mass is 345 g/mol. The smallest absolute Gasteiger partial charge is 0.267 e. The zero-order valence-electron chi connectivity index (χ0n) is 13.0. The molecule has 1 saturated carbocycles. The van der Waals surface area contributed by atoms with E-state index in [2.05, 4.69) is 25.5 Å². The molecule has 1 fully saturated rings. The fourth-order valence-corrected chi connectivity index (χ4v) is 4.70. The maximum absolute atomic E-state index is 12.6. The van der Waals surface area contributed by atoms with Crippen LogP contribution in [0.4, 0.5) is 5.13 Å². The number of nitrogens with zero attached hydrogens (tertiary/aromatic N) is 4. The maximum Gasteiger partial charge on any atom is 0.267 e. The van der Waals surface area contributed by atoms with Crippen molar-refractivity contribution in [3.05, 3.63) is 27.0 Å². The van der Waals surface area contributed by atoms with Gasteiger partial charge in [-0.15, -0.1) is 21.5 Å². The van der Waals surface area contributed by atoms with Crippen LogP contribution >= 0.6 is 22.7 Å². The number of hydrogen-bond donors (Lipinski definition) is 1. The number of fused-ring (bicyclic) bond motifs is 1. The van der Waals surface area contributed by atoms with Crippen molar-refractivity contribution < 1.29 is 4.79 Å². The second-order valence-electron chi connectivity index (χ2n) is 5.77. The number of amides is 1. The predicted octanol–water partition coefficient (Wildman–Crippen LogP) is 3.60. The van der Waals surface area contributed by atoms with Crippen LogP contribution in [0, 0.1) is 20.8 Å². The van der Waals surface area contributed by atoms with Crippen LogP contribution in [0.1, 0.15) is 50.5 Å². The third-order valence-electron chi connectivity index (χ3n) is 3.88. The minimum Gasteiger partial charge on any atom is -0.296 e. The minimum atomic E-state index is -0.152. The molecule has 0 unspecified atom stereocenters. The van der Waals surface area contributed by atoms with Crippen molar-refractivity contribution in [2.24, 2.45) is 0 Å². The first-order valence-electron chi connectivity index (χ1n) is 7.42. The van der Waals surface area contributed by atoms with Gasteiger partial charge in [-0.25, -0.2) is 9.97 Å². The van der Waals surface area contributed by atoms with Crippen molar-refractivity contribution in [3.8, 4) is 0 Å². The summed E-state index contributed by atoms with van der Waals surface area (Å²) in [7, 11) is 0. The number of thiophene rings is 1. The SMILES string of the molecule is Cc1nc(C)c2c(C)c(C(=O)Nc3nnc(C4CC4)s3)sc2n1. The molecule has 1 amide bonds. The molecule has 1 aliphatic carbocycles. The molecule has 3 aromatic heterocycles. The van der Waals surface area contributed by atoms with E-state index in [1.165, 1.54) is 35.5 Å².